The van der Waals surface area contributed by atoms with Gasteiger partial charge in [0.05, 0.1) is 14.2 Å². The van der Waals surface area contributed by atoms with Crippen molar-refractivity contribution >= 4 is 17.1 Å². The number of methoxy groups -OCH3 is 2. The summed E-state index contributed by atoms with van der Waals surface area (Å²) >= 11 is 1.32. The molecule has 2 rings (SSSR count). The molecular weight excluding hydrogens is 267 g/mol. The molecule has 2 aromatic rings. The van der Waals surface area contributed by atoms with E-state index in [2.05, 4.69) is 0 Å². The van der Waals surface area contributed by atoms with Crippen LogP contribution in [0.15, 0.2) is 29.6 Å². The van der Waals surface area contributed by atoms with Crippen LogP contribution in [0.4, 0.5) is 4.39 Å². The Hall–Kier alpha value is -1.88. The number of carbonyl (C=O) groups is 1. The van der Waals surface area contributed by atoms with Crippen molar-refractivity contribution in [3.63, 3.8) is 0 Å². The number of thiophene rings is 1. The molecule has 100 valence electrons. The first-order chi connectivity index (χ1) is 9.15. The lowest BCUT2D eigenvalue weighted by molar-refractivity contribution is 0.0994. The molecule has 0 aliphatic carbocycles. The number of benzene rings is 1. The highest BCUT2D eigenvalue weighted by Gasteiger charge is 2.15. The van der Waals surface area contributed by atoms with Crippen LogP contribution in [0.1, 0.15) is 15.2 Å². The van der Waals surface area contributed by atoms with Crippen molar-refractivity contribution < 1.29 is 18.7 Å². The molecule has 0 aliphatic heterocycles. The number of ketones is 1. The number of Topliss-reactive ketones (excluding diaryl/α,β-unsaturated/α-hetero) is 1. The summed E-state index contributed by atoms with van der Waals surface area (Å²) in [7, 11) is 2.92. The lowest BCUT2D eigenvalue weighted by atomic mass is 10.1. The summed E-state index contributed by atoms with van der Waals surface area (Å²) in [5.74, 6) is 0.177. The van der Waals surface area contributed by atoms with Crippen molar-refractivity contribution in [3.05, 3.63) is 45.9 Å². The molecule has 1 aromatic carbocycles. The van der Waals surface area contributed by atoms with E-state index in [-0.39, 0.29) is 18.0 Å². The van der Waals surface area contributed by atoms with Crippen LogP contribution in [-0.2, 0) is 6.42 Å². The fourth-order valence-electron chi connectivity index (χ4n) is 1.75. The molecule has 19 heavy (non-hydrogen) atoms. The summed E-state index contributed by atoms with van der Waals surface area (Å²) in [6, 6.07) is 6.26. The molecule has 0 bridgehead atoms. The van der Waals surface area contributed by atoms with Crippen LogP contribution >= 0.6 is 11.3 Å². The van der Waals surface area contributed by atoms with Crippen molar-refractivity contribution in [3.8, 4) is 11.5 Å². The summed E-state index contributed by atoms with van der Waals surface area (Å²) < 4.78 is 23.5. The fourth-order valence-corrected chi connectivity index (χ4v) is 2.55. The van der Waals surface area contributed by atoms with E-state index in [1.165, 1.54) is 37.7 Å². The van der Waals surface area contributed by atoms with E-state index in [4.69, 9.17) is 9.47 Å². The Labute approximate surface area is 114 Å². The third-order valence-electron chi connectivity index (χ3n) is 2.68. The third-order valence-corrected chi connectivity index (χ3v) is 3.62. The van der Waals surface area contributed by atoms with E-state index in [0.717, 1.165) is 0 Å². The van der Waals surface area contributed by atoms with Gasteiger partial charge >= 0.3 is 0 Å². The molecule has 0 atom stereocenters. The average Bonchev–Trinajstić information content (AvgIpc) is 2.87. The maximum Gasteiger partial charge on any atom is 0.180 e. The zero-order chi connectivity index (χ0) is 13.8. The van der Waals surface area contributed by atoms with Gasteiger partial charge in [-0.1, -0.05) is 6.07 Å². The van der Waals surface area contributed by atoms with Crippen LogP contribution in [0, 0.1) is 5.82 Å². The second-order valence-electron chi connectivity index (χ2n) is 3.89. The first-order valence-electron chi connectivity index (χ1n) is 5.62. The zero-order valence-corrected chi connectivity index (χ0v) is 11.4. The highest BCUT2D eigenvalue weighted by atomic mass is 32.1. The van der Waals surface area contributed by atoms with E-state index in [9.17, 15) is 9.18 Å². The van der Waals surface area contributed by atoms with Crippen LogP contribution in [0.25, 0.3) is 0 Å². The molecule has 5 heteroatoms. The van der Waals surface area contributed by atoms with E-state index >= 15 is 0 Å². The minimum atomic E-state index is -0.467. The van der Waals surface area contributed by atoms with Gasteiger partial charge in [0, 0.05) is 6.42 Å². The molecular formula is C14H13FO3S. The molecule has 0 spiro atoms. The molecule has 1 aromatic heterocycles. The van der Waals surface area contributed by atoms with Crippen molar-refractivity contribution in [2.45, 2.75) is 6.42 Å². The van der Waals surface area contributed by atoms with E-state index in [1.54, 1.807) is 17.5 Å². The number of hydrogen-bond acceptors (Lipinski definition) is 4. The predicted octanol–water partition coefficient (Wildman–Crippen LogP) is 3.33. The zero-order valence-electron chi connectivity index (χ0n) is 10.6. The van der Waals surface area contributed by atoms with Gasteiger partial charge in [-0.05, 0) is 29.1 Å². The van der Waals surface area contributed by atoms with Gasteiger partial charge in [0.1, 0.15) is 10.6 Å². The fraction of sp³-hybridized carbons (Fsp3) is 0.214. The SMILES string of the molecule is COc1ccc(CC(=O)c2sccc2OC)cc1F. The molecule has 0 saturated heterocycles. The molecule has 0 N–H and O–H groups in total. The third kappa shape index (κ3) is 2.93. The second kappa shape index (κ2) is 5.84. The topological polar surface area (TPSA) is 35.5 Å². The average molecular weight is 280 g/mol. The Morgan fingerprint density at radius 2 is 1.95 bits per heavy atom. The van der Waals surface area contributed by atoms with E-state index in [0.29, 0.717) is 16.2 Å². The van der Waals surface area contributed by atoms with Gasteiger partial charge < -0.3 is 9.47 Å². The maximum absolute atomic E-state index is 13.5. The molecule has 0 fully saturated rings. The monoisotopic (exact) mass is 280 g/mol. The van der Waals surface area contributed by atoms with Gasteiger partial charge in [-0.2, -0.15) is 0 Å². The summed E-state index contributed by atoms with van der Waals surface area (Å²) in [6.45, 7) is 0. The number of halogens is 1. The minimum Gasteiger partial charge on any atom is -0.495 e. The van der Waals surface area contributed by atoms with E-state index < -0.39 is 5.82 Å². The summed E-state index contributed by atoms with van der Waals surface area (Å²) in [5, 5.41) is 1.79. The van der Waals surface area contributed by atoms with Gasteiger partial charge in [0.15, 0.2) is 17.3 Å². The molecule has 0 amide bonds. The van der Waals surface area contributed by atoms with Gasteiger partial charge in [0.2, 0.25) is 0 Å². The Balaban J connectivity index is 2.17. The molecule has 1 heterocycles. The normalized spacial score (nSPS) is 10.3. The number of rotatable bonds is 5. The standard InChI is InChI=1S/C14H13FO3S/c1-17-12-4-3-9(7-10(12)15)8-11(16)14-13(18-2)5-6-19-14/h3-7H,8H2,1-2H3. The van der Waals surface area contributed by atoms with Gasteiger partial charge in [-0.15, -0.1) is 11.3 Å². The lowest BCUT2D eigenvalue weighted by Crippen LogP contribution is -2.03. The van der Waals surface area contributed by atoms with Gasteiger partial charge in [0.25, 0.3) is 0 Å². The Kier molecular flexibility index (Phi) is 4.16. The van der Waals surface area contributed by atoms with Gasteiger partial charge in [-0.3, -0.25) is 4.79 Å². The molecule has 0 saturated carbocycles. The summed E-state index contributed by atoms with van der Waals surface area (Å²) in [6.07, 6.45) is 0.137. The summed E-state index contributed by atoms with van der Waals surface area (Å²) in [5.41, 5.74) is 0.610. The van der Waals surface area contributed by atoms with Crippen LogP contribution in [0.2, 0.25) is 0 Å². The molecule has 0 radical (unpaired) electrons. The predicted molar refractivity (Wildman–Crippen MR) is 71.9 cm³/mol. The largest absolute Gasteiger partial charge is 0.495 e. The number of hydrogen-bond donors (Lipinski definition) is 0. The molecule has 0 aliphatic rings. The van der Waals surface area contributed by atoms with Crippen LogP contribution in [-0.4, -0.2) is 20.0 Å². The maximum atomic E-state index is 13.5. The van der Waals surface area contributed by atoms with Crippen LogP contribution in [0.5, 0.6) is 11.5 Å². The molecule has 3 nitrogen and oxygen atoms in total. The van der Waals surface area contributed by atoms with Crippen molar-refractivity contribution in [2.75, 3.05) is 14.2 Å². The molecule has 0 unspecified atom stereocenters. The highest BCUT2D eigenvalue weighted by Crippen LogP contribution is 2.26. The number of carbonyl (C=O) groups excluding carboxylic acids is 1. The first kappa shape index (κ1) is 13.5. The summed E-state index contributed by atoms with van der Waals surface area (Å²) in [4.78, 5) is 12.7. The Morgan fingerprint density at radius 1 is 1.21 bits per heavy atom. The Bertz CT molecular complexity index is 592. The quantitative estimate of drug-likeness (QED) is 0.788. The van der Waals surface area contributed by atoms with Gasteiger partial charge in [-0.25, -0.2) is 4.39 Å². The number of ether oxygens (including phenoxy) is 2. The van der Waals surface area contributed by atoms with Crippen molar-refractivity contribution in [1.29, 1.82) is 0 Å². The van der Waals surface area contributed by atoms with E-state index in [1.807, 2.05) is 0 Å². The smallest absolute Gasteiger partial charge is 0.180 e. The highest BCUT2D eigenvalue weighted by molar-refractivity contribution is 7.12. The van der Waals surface area contributed by atoms with Crippen LogP contribution < -0.4 is 9.47 Å². The first-order valence-corrected chi connectivity index (χ1v) is 6.50. The minimum absolute atomic E-state index is 0.0867. The van der Waals surface area contributed by atoms with Crippen molar-refractivity contribution in [1.82, 2.24) is 0 Å². The second-order valence-corrected chi connectivity index (χ2v) is 4.80. The van der Waals surface area contributed by atoms with Crippen molar-refractivity contribution in [2.24, 2.45) is 0 Å². The van der Waals surface area contributed by atoms with Crippen LogP contribution in [0.3, 0.4) is 0 Å². The Morgan fingerprint density at radius 3 is 2.58 bits per heavy atom. The lowest BCUT2D eigenvalue weighted by Gasteiger charge is -2.05.